The molecular weight excluding hydrogens is 641 g/mol. The Labute approximate surface area is 281 Å². The molecule has 0 fully saturated rings. The smallest absolute Gasteiger partial charge is 0.264 e. The molecule has 47 heavy (non-hydrogen) atoms. The molecule has 0 saturated heterocycles. The molecule has 0 aromatic heterocycles. The van der Waals surface area contributed by atoms with Crippen LogP contribution in [0.25, 0.3) is 0 Å². The van der Waals surface area contributed by atoms with Crippen LogP contribution in [-0.4, -0.2) is 51.4 Å². The van der Waals surface area contributed by atoms with Crippen molar-refractivity contribution < 1.29 is 27.1 Å². The van der Waals surface area contributed by atoms with Gasteiger partial charge in [0.2, 0.25) is 11.8 Å². The second kappa shape index (κ2) is 15.9. The summed E-state index contributed by atoms with van der Waals surface area (Å²) in [5.41, 5.74) is 1.82. The monoisotopic (exact) mass is 679 g/mol. The summed E-state index contributed by atoms with van der Waals surface area (Å²) in [4.78, 5) is 29.6. The van der Waals surface area contributed by atoms with Gasteiger partial charge < -0.3 is 15.0 Å². The predicted molar refractivity (Wildman–Crippen MR) is 182 cm³/mol. The van der Waals surface area contributed by atoms with E-state index in [1.54, 1.807) is 24.3 Å². The fourth-order valence-electron chi connectivity index (χ4n) is 5.00. The summed E-state index contributed by atoms with van der Waals surface area (Å²) in [6.45, 7) is 5.05. The lowest BCUT2D eigenvalue weighted by Crippen LogP contribution is -2.53. The van der Waals surface area contributed by atoms with Crippen LogP contribution in [0.2, 0.25) is 5.02 Å². The second-order valence-corrected chi connectivity index (χ2v) is 13.9. The normalized spacial score (nSPS) is 12.0. The van der Waals surface area contributed by atoms with Crippen molar-refractivity contribution >= 4 is 39.1 Å². The number of ether oxygens (including phenoxy) is 1. The van der Waals surface area contributed by atoms with Crippen molar-refractivity contribution in [2.45, 2.75) is 44.7 Å². The highest BCUT2D eigenvalue weighted by atomic mass is 35.5. The Hall–Kier alpha value is -4.41. The lowest BCUT2D eigenvalue weighted by molar-refractivity contribution is -0.140. The Bertz CT molecular complexity index is 1790. The number of carbonyl (C=O) groups is 2. The van der Waals surface area contributed by atoms with Gasteiger partial charge in [0.1, 0.15) is 24.2 Å². The summed E-state index contributed by atoms with van der Waals surface area (Å²) in [6, 6.07) is 24.7. The third kappa shape index (κ3) is 9.11. The van der Waals surface area contributed by atoms with Crippen molar-refractivity contribution in [3.05, 3.63) is 125 Å². The molecule has 8 nitrogen and oxygen atoms in total. The van der Waals surface area contributed by atoms with E-state index >= 15 is 4.39 Å². The van der Waals surface area contributed by atoms with E-state index in [0.717, 1.165) is 15.4 Å². The predicted octanol–water partition coefficient (Wildman–Crippen LogP) is 6.40. The Balaban J connectivity index is 1.86. The minimum atomic E-state index is -4.38. The van der Waals surface area contributed by atoms with Gasteiger partial charge >= 0.3 is 0 Å². The van der Waals surface area contributed by atoms with Crippen LogP contribution < -0.4 is 14.4 Å². The van der Waals surface area contributed by atoms with Gasteiger partial charge in [0.15, 0.2) is 0 Å². The van der Waals surface area contributed by atoms with E-state index in [9.17, 15) is 18.0 Å². The van der Waals surface area contributed by atoms with Crippen molar-refractivity contribution in [2.75, 3.05) is 24.5 Å². The molecule has 248 valence electrons. The molecule has 0 aliphatic heterocycles. The van der Waals surface area contributed by atoms with E-state index < -0.39 is 40.2 Å². The van der Waals surface area contributed by atoms with Crippen molar-refractivity contribution in [1.29, 1.82) is 0 Å². The summed E-state index contributed by atoms with van der Waals surface area (Å²) in [7, 11) is -3.00. The molecular formula is C36H39ClFN3O5S. The van der Waals surface area contributed by atoms with E-state index in [0.29, 0.717) is 6.54 Å². The third-order valence-electron chi connectivity index (χ3n) is 7.55. The van der Waals surface area contributed by atoms with Crippen LogP contribution >= 0.6 is 11.6 Å². The Morgan fingerprint density at radius 2 is 1.60 bits per heavy atom. The first kappa shape index (κ1) is 35.4. The maximum Gasteiger partial charge on any atom is 0.264 e. The van der Waals surface area contributed by atoms with E-state index in [1.165, 1.54) is 54.5 Å². The molecule has 0 spiro atoms. The molecule has 1 atom stereocenters. The number of sulfonamides is 1. The van der Waals surface area contributed by atoms with Crippen LogP contribution in [-0.2, 0) is 32.6 Å². The molecule has 0 heterocycles. The van der Waals surface area contributed by atoms with Gasteiger partial charge in [-0.1, -0.05) is 91.7 Å². The van der Waals surface area contributed by atoms with Crippen molar-refractivity contribution in [1.82, 2.24) is 10.2 Å². The first-order valence-corrected chi connectivity index (χ1v) is 17.0. The first-order valence-electron chi connectivity index (χ1n) is 15.2. The van der Waals surface area contributed by atoms with Crippen molar-refractivity contribution in [3.63, 3.8) is 0 Å². The number of rotatable bonds is 14. The van der Waals surface area contributed by atoms with Crippen LogP contribution in [0.1, 0.15) is 30.5 Å². The number of methoxy groups -OCH3 is 1. The van der Waals surface area contributed by atoms with Gasteiger partial charge in [0, 0.05) is 30.1 Å². The van der Waals surface area contributed by atoms with Gasteiger partial charge in [-0.3, -0.25) is 13.9 Å². The zero-order chi connectivity index (χ0) is 34.1. The Kier molecular flexibility index (Phi) is 12.0. The maximum atomic E-state index is 15.1. The number of halogens is 2. The van der Waals surface area contributed by atoms with Crippen LogP contribution in [0, 0.1) is 18.7 Å². The number of carbonyl (C=O) groups excluding carboxylic acids is 2. The van der Waals surface area contributed by atoms with E-state index in [2.05, 4.69) is 5.32 Å². The van der Waals surface area contributed by atoms with Gasteiger partial charge in [-0.2, -0.15) is 0 Å². The number of nitrogens with one attached hydrogen (secondary N) is 1. The summed E-state index contributed by atoms with van der Waals surface area (Å²) in [5.74, 6) is -1.45. The zero-order valence-electron chi connectivity index (χ0n) is 26.8. The molecule has 0 bridgehead atoms. The largest absolute Gasteiger partial charge is 0.495 e. The number of hydrogen-bond acceptors (Lipinski definition) is 5. The molecule has 11 heteroatoms. The van der Waals surface area contributed by atoms with Crippen LogP contribution in [0.5, 0.6) is 5.75 Å². The van der Waals surface area contributed by atoms with Gasteiger partial charge in [-0.05, 0) is 54.8 Å². The molecule has 0 aliphatic rings. The topological polar surface area (TPSA) is 96.0 Å². The molecule has 0 aliphatic carbocycles. The molecule has 1 unspecified atom stereocenters. The first-order chi connectivity index (χ1) is 22.4. The number of anilines is 1. The van der Waals surface area contributed by atoms with Gasteiger partial charge in [-0.25, -0.2) is 12.8 Å². The van der Waals surface area contributed by atoms with E-state index in [4.69, 9.17) is 16.3 Å². The second-order valence-electron chi connectivity index (χ2n) is 11.6. The summed E-state index contributed by atoms with van der Waals surface area (Å²) in [5, 5.41) is 3.13. The van der Waals surface area contributed by atoms with Gasteiger partial charge in [-0.15, -0.1) is 0 Å². The molecule has 1 N–H and O–H groups in total. The highest BCUT2D eigenvalue weighted by molar-refractivity contribution is 7.92. The lowest BCUT2D eigenvalue weighted by atomic mass is 10.0. The molecule has 0 saturated carbocycles. The third-order valence-corrected chi connectivity index (χ3v) is 9.56. The average Bonchev–Trinajstić information content (AvgIpc) is 3.05. The lowest BCUT2D eigenvalue weighted by Gasteiger charge is -2.34. The molecule has 0 radical (unpaired) electrons. The Morgan fingerprint density at radius 1 is 0.936 bits per heavy atom. The highest BCUT2D eigenvalue weighted by Gasteiger charge is 2.36. The number of aryl methyl sites for hydroxylation is 1. The van der Waals surface area contributed by atoms with E-state index in [1.807, 2.05) is 51.1 Å². The molecule has 4 aromatic carbocycles. The van der Waals surface area contributed by atoms with Crippen LogP contribution in [0.4, 0.5) is 10.1 Å². The Morgan fingerprint density at radius 3 is 2.23 bits per heavy atom. The number of hydrogen-bond donors (Lipinski definition) is 1. The zero-order valence-corrected chi connectivity index (χ0v) is 28.4. The van der Waals surface area contributed by atoms with Crippen LogP contribution in [0.3, 0.4) is 0 Å². The summed E-state index contributed by atoms with van der Waals surface area (Å²) in [6.07, 6.45) is 0.107. The highest BCUT2D eigenvalue weighted by Crippen LogP contribution is 2.35. The minimum absolute atomic E-state index is 0.0311. The van der Waals surface area contributed by atoms with Crippen LogP contribution in [0.15, 0.2) is 102 Å². The van der Waals surface area contributed by atoms with Crippen molar-refractivity contribution in [2.24, 2.45) is 5.92 Å². The standard InChI is InChI=1S/C36H39ClFN3O5S/c1-25(2)22-39-36(43)33(20-27-10-6-5-7-11-27)40(23-28-12-8-9-13-31(28)38)35(42)24-41(32-21-29(37)16-19-34(32)46-4)47(44,45)30-17-14-26(3)15-18-30/h5-19,21,25,33H,20,22-24H2,1-4H3,(H,39,43). The fraction of sp³-hybridized carbons (Fsp3) is 0.278. The maximum absolute atomic E-state index is 15.1. The number of nitrogens with zero attached hydrogens (tertiary/aromatic N) is 2. The summed E-state index contributed by atoms with van der Waals surface area (Å²) >= 11 is 6.33. The molecule has 4 rings (SSSR count). The minimum Gasteiger partial charge on any atom is -0.495 e. The fourth-order valence-corrected chi connectivity index (χ4v) is 6.58. The number of amides is 2. The van der Waals surface area contributed by atoms with Gasteiger partial charge in [0.05, 0.1) is 17.7 Å². The molecule has 2 amide bonds. The van der Waals surface area contributed by atoms with Crippen molar-refractivity contribution in [3.8, 4) is 5.75 Å². The summed E-state index contributed by atoms with van der Waals surface area (Å²) < 4.78 is 50.1. The van der Waals surface area contributed by atoms with E-state index in [-0.39, 0.29) is 45.8 Å². The quantitative estimate of drug-likeness (QED) is 0.166. The average molecular weight is 680 g/mol. The van der Waals surface area contributed by atoms with Gasteiger partial charge in [0.25, 0.3) is 10.0 Å². The SMILES string of the molecule is COc1ccc(Cl)cc1N(CC(=O)N(Cc1ccccc1F)C(Cc1ccccc1)C(=O)NCC(C)C)S(=O)(=O)c1ccc(C)cc1. The number of benzene rings is 4. The molecule has 4 aromatic rings.